The summed E-state index contributed by atoms with van der Waals surface area (Å²) in [6.07, 6.45) is 4.89. The molecule has 6 heteroatoms. The van der Waals surface area contributed by atoms with Crippen LogP contribution in [0.25, 0.3) is 0 Å². The lowest BCUT2D eigenvalue weighted by atomic mass is 9.84. The fourth-order valence-corrected chi connectivity index (χ4v) is 1.23. The maximum Gasteiger partial charge on any atom is 0.312 e. The van der Waals surface area contributed by atoms with E-state index >= 15 is 0 Å². The van der Waals surface area contributed by atoms with E-state index < -0.39 is 11.2 Å². The van der Waals surface area contributed by atoms with Gasteiger partial charge in [0.2, 0.25) is 0 Å². The minimum absolute atomic E-state index is 0.387. The predicted molar refractivity (Wildman–Crippen MR) is 71.2 cm³/mol. The van der Waals surface area contributed by atoms with Gasteiger partial charge in [0.1, 0.15) is 6.29 Å². The summed E-state index contributed by atoms with van der Waals surface area (Å²) in [6.45, 7) is 7.73. The molecule has 18 heavy (non-hydrogen) atoms. The Bertz CT molecular complexity index is 396. The summed E-state index contributed by atoms with van der Waals surface area (Å²) in [4.78, 5) is 10.3. The van der Waals surface area contributed by atoms with Crippen LogP contribution in [0.4, 0.5) is 0 Å². The maximum atomic E-state index is 10.3. The first-order valence-corrected chi connectivity index (χ1v) is 6.07. The van der Waals surface area contributed by atoms with Gasteiger partial charge < -0.3 is 14.6 Å². The van der Waals surface area contributed by atoms with Crippen LogP contribution in [0.2, 0.25) is 0 Å². The molecule has 0 spiro atoms. The van der Waals surface area contributed by atoms with Crippen molar-refractivity contribution in [2.24, 2.45) is 0 Å². The molecule has 0 aliphatic rings. The molecule has 0 radical (unpaired) electrons. The minimum Gasteiger partial charge on any atom is -0.427 e. The Morgan fingerprint density at radius 2 is 2.17 bits per heavy atom. The number of aromatic nitrogens is 2. The second-order valence-electron chi connectivity index (χ2n) is 5.43. The molecule has 1 N–H and O–H groups in total. The second-order valence-corrected chi connectivity index (χ2v) is 5.43. The number of hydrogen-bond acceptors (Lipinski definition) is 4. The molecule has 1 rings (SSSR count). The van der Waals surface area contributed by atoms with Gasteiger partial charge in [-0.25, -0.2) is 0 Å². The van der Waals surface area contributed by atoms with Crippen molar-refractivity contribution >= 4 is 19.2 Å². The molecule has 0 fully saturated rings. The molecule has 0 atom stereocenters. The van der Waals surface area contributed by atoms with Crippen molar-refractivity contribution in [2.75, 3.05) is 0 Å². The zero-order chi connectivity index (χ0) is 13.8. The quantitative estimate of drug-likeness (QED) is 0.548. The Morgan fingerprint density at radius 3 is 2.72 bits per heavy atom. The molecule has 0 aliphatic heterocycles. The van der Waals surface area contributed by atoms with Crippen molar-refractivity contribution in [2.45, 2.75) is 51.9 Å². The van der Waals surface area contributed by atoms with Gasteiger partial charge in [-0.3, -0.25) is 4.68 Å². The summed E-state index contributed by atoms with van der Waals surface area (Å²) in [7, 11) is 0.387. The van der Waals surface area contributed by atoms with Crippen LogP contribution in [0, 0.1) is 0 Å². The Kier molecular flexibility index (Phi) is 4.70. The summed E-state index contributed by atoms with van der Waals surface area (Å²) in [5.41, 5.74) is -0.628. The minimum atomic E-state index is -0.916. The first kappa shape index (κ1) is 14.9. The molecule has 0 saturated heterocycles. The van der Waals surface area contributed by atoms with Gasteiger partial charge in [0.15, 0.2) is 0 Å². The smallest absolute Gasteiger partial charge is 0.312 e. The molecule has 100 valence electrons. The number of rotatable bonds is 7. The lowest BCUT2D eigenvalue weighted by molar-refractivity contribution is -0.108. The van der Waals surface area contributed by atoms with Crippen LogP contribution in [0.15, 0.2) is 12.4 Å². The summed E-state index contributed by atoms with van der Waals surface area (Å²) in [5.74, 6) is 0. The van der Waals surface area contributed by atoms with Crippen LogP contribution in [0.5, 0.6) is 0 Å². The molecule has 0 amide bonds. The van der Waals surface area contributed by atoms with E-state index in [4.69, 9.17) is 4.65 Å². The van der Waals surface area contributed by atoms with E-state index in [1.54, 1.807) is 24.7 Å². The Labute approximate surface area is 108 Å². The van der Waals surface area contributed by atoms with Crippen molar-refractivity contribution in [3.05, 3.63) is 12.4 Å². The van der Waals surface area contributed by atoms with Gasteiger partial charge in [-0.2, -0.15) is 5.10 Å². The van der Waals surface area contributed by atoms with E-state index in [1.165, 1.54) is 0 Å². The molecular weight excluding hydrogens is 231 g/mol. The number of carbonyl (C=O) groups excluding carboxylic acids is 1. The van der Waals surface area contributed by atoms with Crippen LogP contribution >= 0.6 is 0 Å². The van der Waals surface area contributed by atoms with Crippen molar-refractivity contribution in [1.29, 1.82) is 0 Å². The SMILES string of the molecule is CC(C)(O)C(C)(C)OBc1cnn(CCC=O)c1. The molecule has 0 saturated carbocycles. The first-order chi connectivity index (χ1) is 8.26. The van der Waals surface area contributed by atoms with E-state index in [0.717, 1.165) is 11.7 Å². The van der Waals surface area contributed by atoms with Gasteiger partial charge in [0.05, 0.1) is 11.2 Å². The van der Waals surface area contributed by atoms with Crippen molar-refractivity contribution in [3.8, 4) is 0 Å². The van der Waals surface area contributed by atoms with Crippen LogP contribution in [-0.2, 0) is 16.0 Å². The summed E-state index contributed by atoms with van der Waals surface area (Å²) < 4.78 is 7.44. The number of aryl methyl sites for hydroxylation is 1. The van der Waals surface area contributed by atoms with Gasteiger partial charge in [0, 0.05) is 25.4 Å². The molecule has 0 aromatic carbocycles. The summed E-state index contributed by atoms with van der Waals surface area (Å²) in [6, 6.07) is 0. The van der Waals surface area contributed by atoms with Crippen molar-refractivity contribution in [3.63, 3.8) is 0 Å². The molecule has 5 nitrogen and oxygen atoms in total. The third-order valence-electron chi connectivity index (χ3n) is 3.24. The average Bonchev–Trinajstić information content (AvgIpc) is 2.70. The van der Waals surface area contributed by atoms with Gasteiger partial charge in [-0.1, -0.05) is 0 Å². The second kappa shape index (κ2) is 5.67. The third kappa shape index (κ3) is 3.96. The molecule has 1 aromatic rings. The number of hydrogen-bond donors (Lipinski definition) is 1. The number of aliphatic hydroxyl groups is 1. The van der Waals surface area contributed by atoms with Crippen LogP contribution in [0.1, 0.15) is 34.1 Å². The highest BCUT2D eigenvalue weighted by atomic mass is 16.5. The maximum absolute atomic E-state index is 10.3. The summed E-state index contributed by atoms with van der Waals surface area (Å²) >= 11 is 0. The van der Waals surface area contributed by atoms with Gasteiger partial charge in [0.25, 0.3) is 0 Å². The number of carbonyl (C=O) groups is 1. The number of nitrogens with zero attached hydrogens (tertiary/aromatic N) is 2. The topological polar surface area (TPSA) is 64.3 Å². The molecule has 1 heterocycles. The van der Waals surface area contributed by atoms with Crippen molar-refractivity contribution in [1.82, 2.24) is 9.78 Å². The lowest BCUT2D eigenvalue weighted by Gasteiger charge is -2.37. The van der Waals surface area contributed by atoms with E-state index in [9.17, 15) is 9.90 Å². The fraction of sp³-hybridized carbons (Fsp3) is 0.667. The lowest BCUT2D eigenvalue weighted by Crippen LogP contribution is -2.49. The zero-order valence-electron chi connectivity index (χ0n) is 11.5. The summed E-state index contributed by atoms with van der Waals surface area (Å²) in [5, 5.41) is 14.1. The highest BCUT2D eigenvalue weighted by Crippen LogP contribution is 2.24. The zero-order valence-corrected chi connectivity index (χ0v) is 11.5. The Hall–Kier alpha value is -1.14. The highest BCUT2D eigenvalue weighted by Gasteiger charge is 2.35. The van der Waals surface area contributed by atoms with Gasteiger partial charge >= 0.3 is 7.48 Å². The molecule has 0 bridgehead atoms. The Balaban J connectivity index is 2.53. The van der Waals surface area contributed by atoms with Gasteiger partial charge in [-0.05, 0) is 33.2 Å². The first-order valence-electron chi connectivity index (χ1n) is 6.07. The van der Waals surface area contributed by atoms with Crippen LogP contribution in [-0.4, -0.2) is 39.9 Å². The van der Waals surface area contributed by atoms with E-state index in [0.29, 0.717) is 20.4 Å². The molecule has 0 unspecified atom stereocenters. The normalized spacial score (nSPS) is 12.5. The van der Waals surface area contributed by atoms with E-state index in [1.807, 2.05) is 20.0 Å². The average molecular weight is 252 g/mol. The Morgan fingerprint density at radius 1 is 1.50 bits per heavy atom. The molecule has 0 aliphatic carbocycles. The molecule has 1 aromatic heterocycles. The van der Waals surface area contributed by atoms with Crippen LogP contribution in [0.3, 0.4) is 0 Å². The monoisotopic (exact) mass is 252 g/mol. The predicted octanol–water partition coefficient (Wildman–Crippen LogP) is 0.0150. The van der Waals surface area contributed by atoms with E-state index in [2.05, 4.69) is 5.10 Å². The molecular formula is C12H21BN2O3. The fourth-order valence-electron chi connectivity index (χ4n) is 1.23. The van der Waals surface area contributed by atoms with Crippen molar-refractivity contribution < 1.29 is 14.6 Å². The van der Waals surface area contributed by atoms with Crippen LogP contribution < -0.4 is 5.46 Å². The highest BCUT2D eigenvalue weighted by molar-refractivity contribution is 6.46. The van der Waals surface area contributed by atoms with E-state index in [-0.39, 0.29) is 0 Å². The third-order valence-corrected chi connectivity index (χ3v) is 3.24. The number of aldehydes is 1. The standard InChI is InChI=1S/C12H21BN2O3/c1-11(2,17)12(3,4)18-13-10-8-14-15(9-10)6-5-7-16/h7-9,13,17H,5-6H2,1-4H3. The largest absolute Gasteiger partial charge is 0.427 e. The van der Waals surface area contributed by atoms with Gasteiger partial charge in [-0.15, -0.1) is 0 Å².